The van der Waals surface area contributed by atoms with Crippen LogP contribution in [0.4, 0.5) is 5.69 Å². The molecule has 174 valence electrons. The summed E-state index contributed by atoms with van der Waals surface area (Å²) >= 11 is 7.32. The number of carboxylic acid groups (broad SMARTS) is 1. The Bertz CT molecular complexity index is 899. The number of carboxylic acids is 1. The average molecular weight is 485 g/mol. The number of aldehydes is 1. The smallest absolute Gasteiger partial charge is 0.305 e. The number of halogens is 1. The average Bonchev–Trinajstić information content (AvgIpc) is 3.24. The van der Waals surface area contributed by atoms with E-state index in [1.807, 2.05) is 0 Å². The van der Waals surface area contributed by atoms with Crippen molar-refractivity contribution in [1.29, 1.82) is 0 Å². The Kier molecular flexibility index (Phi) is 9.33. The second-order valence-corrected chi connectivity index (χ2v) is 8.57. The number of anilines is 1. The highest BCUT2D eigenvalue weighted by molar-refractivity contribution is 7.98. The van der Waals surface area contributed by atoms with Gasteiger partial charge in [-0.1, -0.05) is 11.6 Å². The summed E-state index contributed by atoms with van der Waals surface area (Å²) in [5.41, 5.74) is 6.22. The van der Waals surface area contributed by atoms with Crippen LogP contribution in [0.15, 0.2) is 18.2 Å². The number of carbonyl (C=O) groups is 5. The van der Waals surface area contributed by atoms with Gasteiger partial charge in [0.25, 0.3) is 5.91 Å². The van der Waals surface area contributed by atoms with Gasteiger partial charge in [0, 0.05) is 17.9 Å². The van der Waals surface area contributed by atoms with Crippen LogP contribution >= 0.6 is 23.4 Å². The van der Waals surface area contributed by atoms with Gasteiger partial charge in [0.2, 0.25) is 11.8 Å². The molecular weight excluding hydrogens is 460 g/mol. The van der Waals surface area contributed by atoms with Crippen molar-refractivity contribution in [2.24, 2.45) is 0 Å². The van der Waals surface area contributed by atoms with Gasteiger partial charge in [-0.15, -0.1) is 0 Å². The molecule has 2 rings (SSSR count). The monoisotopic (exact) mass is 484 g/mol. The number of nitrogens with one attached hydrogen (secondary N) is 2. The fourth-order valence-electron chi connectivity index (χ4n) is 3.35. The zero-order valence-corrected chi connectivity index (χ0v) is 18.9. The number of hydrogen-bond acceptors (Lipinski definition) is 7. The summed E-state index contributed by atoms with van der Waals surface area (Å²) in [6, 6.07) is 1.44. The molecule has 1 aliphatic heterocycles. The Morgan fingerprint density at radius 1 is 1.34 bits per heavy atom. The van der Waals surface area contributed by atoms with Crippen LogP contribution in [0, 0.1) is 0 Å². The number of nitrogen functional groups attached to an aromatic ring is 1. The molecule has 0 bridgehead atoms. The summed E-state index contributed by atoms with van der Waals surface area (Å²) in [7, 11) is 0. The minimum atomic E-state index is -1.23. The van der Waals surface area contributed by atoms with Crippen molar-refractivity contribution >= 4 is 59.0 Å². The van der Waals surface area contributed by atoms with Gasteiger partial charge in [-0.3, -0.25) is 19.2 Å². The van der Waals surface area contributed by atoms with E-state index in [0.29, 0.717) is 31.4 Å². The van der Waals surface area contributed by atoms with Crippen molar-refractivity contribution in [2.75, 3.05) is 24.3 Å². The predicted molar refractivity (Wildman–Crippen MR) is 120 cm³/mol. The molecule has 0 saturated carbocycles. The minimum Gasteiger partial charge on any atom is -0.481 e. The molecular formula is C20H25ClN4O6S. The van der Waals surface area contributed by atoms with Crippen LogP contribution in [0.25, 0.3) is 0 Å². The van der Waals surface area contributed by atoms with Crippen molar-refractivity contribution in [1.82, 2.24) is 15.5 Å². The highest BCUT2D eigenvalue weighted by atomic mass is 35.5. The SMILES string of the molecule is CSC[C@H](NC(=O)c1ccc(N)c(Cl)c1)C(=O)N1CCCC1C(=O)N[C@H](C=O)CC(=O)O. The number of nitrogens with two attached hydrogens (primary N) is 1. The number of likely N-dealkylation sites (tertiary alicyclic amines) is 1. The Morgan fingerprint density at radius 2 is 2.06 bits per heavy atom. The first-order valence-electron chi connectivity index (χ1n) is 9.80. The largest absolute Gasteiger partial charge is 0.481 e. The molecule has 0 radical (unpaired) electrons. The molecule has 10 nitrogen and oxygen atoms in total. The molecule has 1 saturated heterocycles. The number of carbonyl (C=O) groups excluding carboxylic acids is 4. The number of amides is 3. The molecule has 3 atom stereocenters. The van der Waals surface area contributed by atoms with Crippen molar-refractivity contribution in [3.63, 3.8) is 0 Å². The lowest BCUT2D eigenvalue weighted by molar-refractivity contribution is -0.141. The summed E-state index contributed by atoms with van der Waals surface area (Å²) in [6.45, 7) is 0.302. The van der Waals surface area contributed by atoms with Gasteiger partial charge >= 0.3 is 5.97 Å². The van der Waals surface area contributed by atoms with E-state index in [2.05, 4.69) is 10.6 Å². The molecule has 1 heterocycles. The van der Waals surface area contributed by atoms with Crippen LogP contribution < -0.4 is 16.4 Å². The number of benzene rings is 1. The normalized spacial score (nSPS) is 17.3. The Balaban J connectivity index is 2.12. The van der Waals surface area contributed by atoms with E-state index >= 15 is 0 Å². The molecule has 0 aliphatic carbocycles. The first kappa shape index (κ1) is 25.5. The van der Waals surface area contributed by atoms with Gasteiger partial charge in [-0.25, -0.2) is 0 Å². The van der Waals surface area contributed by atoms with Crippen LogP contribution in [-0.4, -0.2) is 76.7 Å². The molecule has 3 amide bonds. The van der Waals surface area contributed by atoms with Crippen molar-refractivity contribution in [3.05, 3.63) is 28.8 Å². The topological polar surface area (TPSA) is 159 Å². The number of nitrogens with zero attached hydrogens (tertiary/aromatic N) is 1. The van der Waals surface area contributed by atoms with Crippen LogP contribution in [0.3, 0.4) is 0 Å². The van der Waals surface area contributed by atoms with E-state index in [0.717, 1.165) is 0 Å². The Labute approximate surface area is 194 Å². The van der Waals surface area contributed by atoms with Crippen molar-refractivity contribution < 1.29 is 29.1 Å². The molecule has 0 spiro atoms. The molecule has 1 aromatic rings. The standard InChI is InChI=1S/C20H25ClN4O6S/c1-32-10-15(24-18(29)11-4-5-14(22)13(21)7-11)20(31)25-6-2-3-16(25)19(30)23-12(9-26)8-17(27)28/h4-5,7,9,12,15-16H,2-3,6,8,10,22H2,1H3,(H,23,30)(H,24,29)(H,27,28)/t12-,15-,16?/m0/s1. The highest BCUT2D eigenvalue weighted by Crippen LogP contribution is 2.21. The van der Waals surface area contributed by atoms with E-state index < -0.39 is 48.2 Å². The maximum absolute atomic E-state index is 13.2. The van der Waals surface area contributed by atoms with Crippen molar-refractivity contribution in [3.8, 4) is 0 Å². The zero-order valence-electron chi connectivity index (χ0n) is 17.4. The number of thioether (sulfide) groups is 1. The number of rotatable bonds is 10. The van der Waals surface area contributed by atoms with Crippen molar-refractivity contribution in [2.45, 2.75) is 37.4 Å². The summed E-state index contributed by atoms with van der Waals surface area (Å²) in [5.74, 6) is -2.51. The van der Waals surface area contributed by atoms with Gasteiger partial charge < -0.3 is 31.2 Å². The second-order valence-electron chi connectivity index (χ2n) is 7.26. The lowest BCUT2D eigenvalue weighted by Gasteiger charge is -2.29. The first-order valence-corrected chi connectivity index (χ1v) is 11.6. The molecule has 1 fully saturated rings. The van der Waals surface area contributed by atoms with E-state index in [1.54, 1.807) is 6.26 Å². The van der Waals surface area contributed by atoms with Crippen LogP contribution in [0.1, 0.15) is 29.6 Å². The van der Waals surface area contributed by atoms with E-state index in [-0.39, 0.29) is 16.3 Å². The predicted octanol–water partition coefficient (Wildman–Crippen LogP) is 0.533. The second kappa shape index (κ2) is 11.7. The van der Waals surface area contributed by atoms with Gasteiger partial charge in [0.15, 0.2) is 0 Å². The molecule has 1 aliphatic rings. The van der Waals surface area contributed by atoms with Crippen LogP contribution in [0.5, 0.6) is 0 Å². The lowest BCUT2D eigenvalue weighted by atomic mass is 10.1. The summed E-state index contributed by atoms with van der Waals surface area (Å²) in [6.07, 6.45) is 2.50. The third-order valence-electron chi connectivity index (χ3n) is 4.92. The third-order valence-corrected chi connectivity index (χ3v) is 5.92. The fourth-order valence-corrected chi connectivity index (χ4v) is 4.09. The summed E-state index contributed by atoms with van der Waals surface area (Å²) in [4.78, 5) is 61.7. The molecule has 1 aromatic carbocycles. The zero-order chi connectivity index (χ0) is 23.8. The molecule has 1 unspecified atom stereocenters. The fraction of sp³-hybridized carbons (Fsp3) is 0.450. The molecule has 5 N–H and O–H groups in total. The van der Waals surface area contributed by atoms with Crippen LogP contribution in [-0.2, 0) is 19.2 Å². The summed E-state index contributed by atoms with van der Waals surface area (Å²) < 4.78 is 0. The molecule has 12 heteroatoms. The van der Waals surface area contributed by atoms with E-state index in [9.17, 15) is 24.0 Å². The quantitative estimate of drug-likeness (QED) is 0.276. The third kappa shape index (κ3) is 6.60. The van der Waals surface area contributed by atoms with E-state index in [1.165, 1.54) is 34.9 Å². The van der Waals surface area contributed by atoms with Gasteiger partial charge in [-0.2, -0.15) is 11.8 Å². The maximum atomic E-state index is 13.2. The maximum Gasteiger partial charge on any atom is 0.305 e. The number of aliphatic carboxylic acids is 1. The molecule has 32 heavy (non-hydrogen) atoms. The number of hydrogen-bond donors (Lipinski definition) is 4. The van der Waals surface area contributed by atoms with Gasteiger partial charge in [0.1, 0.15) is 18.4 Å². The van der Waals surface area contributed by atoms with Gasteiger partial charge in [0.05, 0.1) is 23.2 Å². The Morgan fingerprint density at radius 3 is 2.66 bits per heavy atom. The van der Waals surface area contributed by atoms with E-state index in [4.69, 9.17) is 22.4 Å². The Hall–Kier alpha value is -2.79. The minimum absolute atomic E-state index is 0.216. The lowest BCUT2D eigenvalue weighted by Crippen LogP contribution is -2.55. The highest BCUT2D eigenvalue weighted by Gasteiger charge is 2.38. The molecule has 0 aromatic heterocycles. The van der Waals surface area contributed by atoms with Gasteiger partial charge in [-0.05, 0) is 37.3 Å². The van der Waals surface area contributed by atoms with Crippen LogP contribution in [0.2, 0.25) is 5.02 Å². The summed E-state index contributed by atoms with van der Waals surface area (Å²) in [5, 5.41) is 14.1. The first-order chi connectivity index (χ1) is 15.2.